The zero-order chi connectivity index (χ0) is 11.5. The molecule has 0 atom stereocenters. The molecule has 0 amide bonds. The third-order valence-electron chi connectivity index (χ3n) is 2.05. The van der Waals surface area contributed by atoms with Crippen LogP contribution in [0.3, 0.4) is 0 Å². The van der Waals surface area contributed by atoms with Gasteiger partial charge in [-0.2, -0.15) is 0 Å². The van der Waals surface area contributed by atoms with Crippen molar-refractivity contribution in [1.82, 2.24) is 0 Å². The standard InChI is InChI=1S/C11H15NO2S/c1-11(2,10(13)14)15-9-5-3-8(7-12)4-6-9/h3-6H,7,12H2,1-2H3,(H,13,14). The predicted molar refractivity (Wildman–Crippen MR) is 61.9 cm³/mol. The van der Waals surface area contributed by atoms with E-state index in [4.69, 9.17) is 10.8 Å². The fraction of sp³-hybridized carbons (Fsp3) is 0.364. The van der Waals surface area contributed by atoms with Crippen molar-refractivity contribution in [2.24, 2.45) is 5.73 Å². The number of nitrogens with two attached hydrogens (primary N) is 1. The highest BCUT2D eigenvalue weighted by molar-refractivity contribution is 8.01. The highest BCUT2D eigenvalue weighted by Gasteiger charge is 2.28. The minimum Gasteiger partial charge on any atom is -0.480 e. The summed E-state index contributed by atoms with van der Waals surface area (Å²) < 4.78 is -0.801. The van der Waals surface area contributed by atoms with Gasteiger partial charge >= 0.3 is 5.97 Å². The smallest absolute Gasteiger partial charge is 0.319 e. The average Bonchev–Trinajstić information content (AvgIpc) is 2.18. The van der Waals surface area contributed by atoms with E-state index < -0.39 is 10.7 Å². The van der Waals surface area contributed by atoms with Crippen molar-refractivity contribution in [3.05, 3.63) is 29.8 Å². The van der Waals surface area contributed by atoms with Crippen molar-refractivity contribution in [3.63, 3.8) is 0 Å². The molecule has 0 aliphatic heterocycles. The maximum atomic E-state index is 10.9. The molecule has 0 unspecified atom stereocenters. The number of hydrogen-bond acceptors (Lipinski definition) is 3. The van der Waals surface area contributed by atoms with Crippen molar-refractivity contribution in [3.8, 4) is 0 Å². The molecule has 0 aliphatic carbocycles. The first kappa shape index (κ1) is 12.1. The van der Waals surface area contributed by atoms with Gasteiger partial charge in [-0.25, -0.2) is 0 Å². The van der Waals surface area contributed by atoms with Gasteiger partial charge in [0, 0.05) is 11.4 Å². The average molecular weight is 225 g/mol. The first-order chi connectivity index (χ1) is 6.95. The van der Waals surface area contributed by atoms with Crippen LogP contribution in [0.4, 0.5) is 0 Å². The van der Waals surface area contributed by atoms with Crippen molar-refractivity contribution in [1.29, 1.82) is 0 Å². The second-order valence-electron chi connectivity index (χ2n) is 3.77. The third kappa shape index (κ3) is 3.25. The van der Waals surface area contributed by atoms with E-state index in [2.05, 4.69) is 0 Å². The zero-order valence-electron chi connectivity index (χ0n) is 8.86. The van der Waals surface area contributed by atoms with Crippen LogP contribution in [0.15, 0.2) is 29.2 Å². The van der Waals surface area contributed by atoms with Gasteiger partial charge in [0.05, 0.1) is 0 Å². The number of carbonyl (C=O) groups is 1. The number of hydrogen-bond donors (Lipinski definition) is 2. The molecule has 0 saturated heterocycles. The van der Waals surface area contributed by atoms with Crippen LogP contribution in [-0.4, -0.2) is 15.8 Å². The van der Waals surface area contributed by atoms with Gasteiger partial charge in [-0.15, -0.1) is 11.8 Å². The Morgan fingerprint density at radius 2 is 1.93 bits per heavy atom. The molecule has 1 aromatic rings. The molecule has 0 aliphatic rings. The Balaban J connectivity index is 2.77. The molecule has 82 valence electrons. The lowest BCUT2D eigenvalue weighted by molar-refractivity contribution is -0.138. The Kier molecular flexibility index (Phi) is 3.77. The third-order valence-corrected chi connectivity index (χ3v) is 3.24. The predicted octanol–water partition coefficient (Wildman–Crippen LogP) is 2.10. The summed E-state index contributed by atoms with van der Waals surface area (Å²) in [5.74, 6) is -0.810. The number of carboxylic acid groups (broad SMARTS) is 1. The number of thioether (sulfide) groups is 1. The van der Waals surface area contributed by atoms with Gasteiger partial charge in [-0.1, -0.05) is 12.1 Å². The van der Waals surface area contributed by atoms with E-state index in [1.807, 2.05) is 24.3 Å². The van der Waals surface area contributed by atoms with Crippen LogP contribution < -0.4 is 5.73 Å². The van der Waals surface area contributed by atoms with Gasteiger partial charge in [0.2, 0.25) is 0 Å². The Labute approximate surface area is 93.7 Å². The van der Waals surface area contributed by atoms with Crippen LogP contribution in [0.2, 0.25) is 0 Å². The molecule has 0 bridgehead atoms. The molecular formula is C11H15NO2S. The van der Waals surface area contributed by atoms with E-state index in [0.717, 1.165) is 10.5 Å². The molecule has 0 radical (unpaired) electrons. The Morgan fingerprint density at radius 1 is 1.40 bits per heavy atom. The minimum atomic E-state index is -0.810. The lowest BCUT2D eigenvalue weighted by atomic mass is 10.2. The lowest BCUT2D eigenvalue weighted by Crippen LogP contribution is -2.26. The van der Waals surface area contributed by atoms with Crippen LogP contribution in [0, 0.1) is 0 Å². The molecule has 1 aromatic carbocycles. The summed E-state index contributed by atoms with van der Waals surface area (Å²) in [6.45, 7) is 3.89. The van der Waals surface area contributed by atoms with E-state index in [1.165, 1.54) is 11.8 Å². The Bertz CT molecular complexity index is 346. The normalized spacial score (nSPS) is 11.4. The summed E-state index contributed by atoms with van der Waals surface area (Å²) in [6, 6.07) is 7.63. The monoisotopic (exact) mass is 225 g/mol. The second-order valence-corrected chi connectivity index (χ2v) is 5.46. The minimum absolute atomic E-state index is 0.507. The Morgan fingerprint density at radius 3 is 2.33 bits per heavy atom. The molecule has 3 N–H and O–H groups in total. The summed E-state index contributed by atoms with van der Waals surface area (Å²) in [4.78, 5) is 11.9. The molecule has 1 rings (SSSR count). The first-order valence-electron chi connectivity index (χ1n) is 4.67. The molecule has 0 fully saturated rings. The fourth-order valence-corrected chi connectivity index (χ4v) is 1.98. The van der Waals surface area contributed by atoms with Gasteiger partial charge in [0.15, 0.2) is 0 Å². The number of rotatable bonds is 4. The van der Waals surface area contributed by atoms with Crippen LogP contribution in [0.5, 0.6) is 0 Å². The molecule has 0 aromatic heterocycles. The van der Waals surface area contributed by atoms with Crippen LogP contribution in [0.1, 0.15) is 19.4 Å². The van der Waals surface area contributed by atoms with Gasteiger partial charge in [0.1, 0.15) is 4.75 Å². The highest BCUT2D eigenvalue weighted by atomic mass is 32.2. The largest absolute Gasteiger partial charge is 0.480 e. The van der Waals surface area contributed by atoms with Crippen LogP contribution in [-0.2, 0) is 11.3 Å². The van der Waals surface area contributed by atoms with E-state index in [9.17, 15) is 4.79 Å². The SMILES string of the molecule is CC(C)(Sc1ccc(CN)cc1)C(=O)O. The highest BCUT2D eigenvalue weighted by Crippen LogP contribution is 2.32. The van der Waals surface area contributed by atoms with E-state index in [-0.39, 0.29) is 0 Å². The number of aliphatic carboxylic acids is 1. The van der Waals surface area contributed by atoms with Crippen molar-refractivity contribution in [2.75, 3.05) is 0 Å². The summed E-state index contributed by atoms with van der Waals surface area (Å²) in [7, 11) is 0. The molecule has 0 saturated carbocycles. The molecule has 3 nitrogen and oxygen atoms in total. The topological polar surface area (TPSA) is 63.3 Å². The first-order valence-corrected chi connectivity index (χ1v) is 5.49. The maximum Gasteiger partial charge on any atom is 0.319 e. The van der Waals surface area contributed by atoms with Gasteiger partial charge in [0.25, 0.3) is 0 Å². The van der Waals surface area contributed by atoms with Crippen LogP contribution >= 0.6 is 11.8 Å². The maximum absolute atomic E-state index is 10.9. The Hall–Kier alpha value is -1.00. The van der Waals surface area contributed by atoms with Gasteiger partial charge in [-0.05, 0) is 31.5 Å². The van der Waals surface area contributed by atoms with Gasteiger partial charge in [-0.3, -0.25) is 4.79 Å². The van der Waals surface area contributed by atoms with Gasteiger partial charge < -0.3 is 10.8 Å². The van der Waals surface area contributed by atoms with E-state index >= 15 is 0 Å². The fourth-order valence-electron chi connectivity index (χ4n) is 1.03. The quantitative estimate of drug-likeness (QED) is 0.770. The molecule has 0 heterocycles. The number of carboxylic acids is 1. The zero-order valence-corrected chi connectivity index (χ0v) is 9.67. The van der Waals surface area contributed by atoms with Crippen molar-refractivity contribution in [2.45, 2.75) is 30.0 Å². The van der Waals surface area contributed by atoms with Crippen LogP contribution in [0.25, 0.3) is 0 Å². The summed E-state index contributed by atoms with van der Waals surface area (Å²) in [5, 5.41) is 8.96. The number of benzene rings is 1. The molecule has 4 heteroatoms. The van der Waals surface area contributed by atoms with Crippen molar-refractivity contribution < 1.29 is 9.90 Å². The van der Waals surface area contributed by atoms with Crippen molar-refractivity contribution >= 4 is 17.7 Å². The summed E-state index contributed by atoms with van der Waals surface area (Å²) >= 11 is 1.33. The second kappa shape index (κ2) is 4.68. The lowest BCUT2D eigenvalue weighted by Gasteiger charge is -2.18. The molecule has 15 heavy (non-hydrogen) atoms. The molecule has 0 spiro atoms. The van der Waals surface area contributed by atoms with E-state index in [1.54, 1.807) is 13.8 Å². The van der Waals surface area contributed by atoms with E-state index in [0.29, 0.717) is 6.54 Å². The summed E-state index contributed by atoms with van der Waals surface area (Å²) in [6.07, 6.45) is 0. The summed E-state index contributed by atoms with van der Waals surface area (Å²) in [5.41, 5.74) is 6.52. The molecular weight excluding hydrogens is 210 g/mol.